The summed E-state index contributed by atoms with van der Waals surface area (Å²) >= 11 is 0. The minimum absolute atomic E-state index is 0.375. The minimum atomic E-state index is 0.375. The highest BCUT2D eigenvalue weighted by Gasteiger charge is 2.15. The Morgan fingerprint density at radius 3 is 3.21 bits per heavy atom. The number of nitrogens with one attached hydrogen (secondary N) is 1. The molecule has 100 valence electrons. The summed E-state index contributed by atoms with van der Waals surface area (Å²) in [6.45, 7) is 6.79. The maximum Gasteiger partial charge on any atom is 0.123 e. The predicted octanol–water partition coefficient (Wildman–Crippen LogP) is 3.47. The molecule has 1 aromatic heterocycles. The fourth-order valence-electron chi connectivity index (χ4n) is 2.73. The summed E-state index contributed by atoms with van der Waals surface area (Å²) in [7, 11) is 0. The quantitative estimate of drug-likeness (QED) is 0.848. The molecule has 0 bridgehead atoms. The molecule has 1 unspecified atom stereocenters. The lowest BCUT2D eigenvalue weighted by molar-refractivity contribution is 0.289. The van der Waals surface area contributed by atoms with Crippen LogP contribution in [-0.4, -0.2) is 17.3 Å². The lowest BCUT2D eigenvalue weighted by Gasteiger charge is -2.19. The van der Waals surface area contributed by atoms with E-state index in [2.05, 4.69) is 48.0 Å². The van der Waals surface area contributed by atoms with E-state index in [1.807, 2.05) is 6.08 Å². The van der Waals surface area contributed by atoms with Gasteiger partial charge >= 0.3 is 0 Å². The number of ether oxygens (including phenoxy) is 1. The molecular formula is C16H20N2O. The van der Waals surface area contributed by atoms with Crippen molar-refractivity contribution in [2.24, 2.45) is 0 Å². The summed E-state index contributed by atoms with van der Waals surface area (Å²) in [4.78, 5) is 0. The van der Waals surface area contributed by atoms with Crippen molar-refractivity contribution < 1.29 is 4.74 Å². The molecule has 3 heteroatoms. The Morgan fingerprint density at radius 1 is 1.47 bits per heavy atom. The van der Waals surface area contributed by atoms with Gasteiger partial charge in [0.2, 0.25) is 0 Å². The van der Waals surface area contributed by atoms with Crippen molar-refractivity contribution in [2.75, 3.05) is 12.0 Å². The number of rotatable bonds is 4. The van der Waals surface area contributed by atoms with E-state index in [-0.39, 0.29) is 0 Å². The van der Waals surface area contributed by atoms with Gasteiger partial charge in [0, 0.05) is 23.2 Å². The molecule has 3 rings (SSSR count). The van der Waals surface area contributed by atoms with Crippen molar-refractivity contribution >= 4 is 10.9 Å². The first-order chi connectivity index (χ1) is 9.29. The third-order valence-electron chi connectivity index (χ3n) is 3.65. The molecular weight excluding hydrogens is 236 g/mol. The Bertz CT molecular complexity index is 600. The largest absolute Gasteiger partial charge is 0.493 e. The van der Waals surface area contributed by atoms with E-state index >= 15 is 0 Å². The van der Waals surface area contributed by atoms with Crippen molar-refractivity contribution in [1.29, 1.82) is 0 Å². The Labute approximate surface area is 113 Å². The summed E-state index contributed by atoms with van der Waals surface area (Å²) in [6, 6.07) is 6.77. The number of hydrogen-bond donors (Lipinski definition) is 1. The van der Waals surface area contributed by atoms with Crippen molar-refractivity contribution in [3.05, 3.63) is 42.6 Å². The van der Waals surface area contributed by atoms with Crippen LogP contribution in [0.2, 0.25) is 0 Å². The van der Waals surface area contributed by atoms with E-state index in [1.54, 1.807) is 0 Å². The van der Waals surface area contributed by atoms with Gasteiger partial charge in [-0.1, -0.05) is 6.08 Å². The summed E-state index contributed by atoms with van der Waals surface area (Å²) in [5.74, 6) is 1.05. The summed E-state index contributed by atoms with van der Waals surface area (Å²) in [6.07, 6.45) is 7.21. The first-order valence-electron chi connectivity index (χ1n) is 6.93. The van der Waals surface area contributed by atoms with Crippen LogP contribution in [0.25, 0.3) is 10.9 Å². The maximum absolute atomic E-state index is 5.72. The van der Waals surface area contributed by atoms with Crippen LogP contribution >= 0.6 is 0 Å². The van der Waals surface area contributed by atoms with Crippen molar-refractivity contribution in [3.63, 3.8) is 0 Å². The normalized spacial score (nSPS) is 15.6. The highest BCUT2D eigenvalue weighted by Crippen LogP contribution is 2.32. The van der Waals surface area contributed by atoms with E-state index in [0.717, 1.165) is 31.6 Å². The summed E-state index contributed by atoms with van der Waals surface area (Å²) in [5, 5.41) is 1.30. The number of nitrogens with zero attached hydrogens (tertiary/aromatic N) is 1. The maximum atomic E-state index is 5.72. The second-order valence-corrected chi connectivity index (χ2v) is 5.17. The number of hydrogen-bond acceptors (Lipinski definition) is 2. The molecule has 3 nitrogen and oxygen atoms in total. The SMILES string of the molecule is C=CCC(C)Nn1ccc2c3c(ccc21)OCCC3. The molecule has 2 aromatic rings. The Hall–Kier alpha value is -1.90. The van der Waals surface area contributed by atoms with Crippen LogP contribution in [0.1, 0.15) is 25.3 Å². The van der Waals surface area contributed by atoms with Gasteiger partial charge < -0.3 is 10.2 Å². The molecule has 1 aliphatic heterocycles. The van der Waals surface area contributed by atoms with Gasteiger partial charge in [-0.15, -0.1) is 6.58 Å². The monoisotopic (exact) mass is 256 g/mol. The van der Waals surface area contributed by atoms with Gasteiger partial charge in [-0.25, -0.2) is 0 Å². The Balaban J connectivity index is 1.97. The number of benzene rings is 1. The number of fused-ring (bicyclic) bond motifs is 3. The van der Waals surface area contributed by atoms with Crippen LogP contribution < -0.4 is 10.2 Å². The van der Waals surface area contributed by atoms with Crippen LogP contribution in [-0.2, 0) is 6.42 Å². The summed E-state index contributed by atoms with van der Waals surface area (Å²) in [5.41, 5.74) is 6.05. The second-order valence-electron chi connectivity index (χ2n) is 5.17. The van der Waals surface area contributed by atoms with Crippen molar-refractivity contribution in [3.8, 4) is 5.75 Å². The van der Waals surface area contributed by atoms with Crippen LogP contribution in [0.4, 0.5) is 0 Å². The van der Waals surface area contributed by atoms with Crippen LogP contribution in [0.15, 0.2) is 37.1 Å². The van der Waals surface area contributed by atoms with E-state index in [9.17, 15) is 0 Å². The lowest BCUT2D eigenvalue weighted by atomic mass is 10.0. The number of aryl methyl sites for hydroxylation is 1. The van der Waals surface area contributed by atoms with Crippen molar-refractivity contribution in [2.45, 2.75) is 32.2 Å². The molecule has 19 heavy (non-hydrogen) atoms. The third-order valence-corrected chi connectivity index (χ3v) is 3.65. The second kappa shape index (κ2) is 5.00. The predicted molar refractivity (Wildman–Crippen MR) is 79.4 cm³/mol. The average Bonchev–Trinajstić information content (AvgIpc) is 2.82. The Kier molecular flexibility index (Phi) is 3.20. The highest BCUT2D eigenvalue weighted by atomic mass is 16.5. The van der Waals surface area contributed by atoms with E-state index in [1.165, 1.54) is 16.5 Å². The van der Waals surface area contributed by atoms with Gasteiger partial charge in [0.05, 0.1) is 12.1 Å². The molecule has 1 aromatic carbocycles. The first kappa shape index (κ1) is 12.2. The fourth-order valence-corrected chi connectivity index (χ4v) is 2.73. The molecule has 0 aliphatic carbocycles. The van der Waals surface area contributed by atoms with E-state index in [4.69, 9.17) is 4.74 Å². The zero-order chi connectivity index (χ0) is 13.2. The molecule has 1 N–H and O–H groups in total. The molecule has 0 spiro atoms. The van der Waals surface area contributed by atoms with Gasteiger partial charge in [0.15, 0.2) is 0 Å². The molecule has 1 atom stereocenters. The zero-order valence-electron chi connectivity index (χ0n) is 11.4. The van der Waals surface area contributed by atoms with Crippen LogP contribution in [0.3, 0.4) is 0 Å². The fraction of sp³-hybridized carbons (Fsp3) is 0.375. The Morgan fingerprint density at radius 2 is 2.37 bits per heavy atom. The molecule has 2 heterocycles. The van der Waals surface area contributed by atoms with Gasteiger partial charge in [0.25, 0.3) is 0 Å². The van der Waals surface area contributed by atoms with Gasteiger partial charge in [-0.3, -0.25) is 4.68 Å². The molecule has 0 saturated carbocycles. The molecule has 0 saturated heterocycles. The van der Waals surface area contributed by atoms with Gasteiger partial charge in [-0.05, 0) is 44.4 Å². The topological polar surface area (TPSA) is 26.2 Å². The molecule has 1 aliphatic rings. The lowest BCUT2D eigenvalue weighted by Crippen LogP contribution is -2.23. The first-order valence-corrected chi connectivity index (χ1v) is 6.93. The molecule has 0 amide bonds. The molecule has 0 fully saturated rings. The van der Waals surface area contributed by atoms with Gasteiger partial charge in [0.1, 0.15) is 5.75 Å². The van der Waals surface area contributed by atoms with Crippen LogP contribution in [0.5, 0.6) is 5.75 Å². The van der Waals surface area contributed by atoms with E-state index in [0.29, 0.717) is 6.04 Å². The van der Waals surface area contributed by atoms with E-state index < -0.39 is 0 Å². The number of aromatic nitrogens is 1. The standard InChI is InChI=1S/C16H20N2O/c1-3-5-12(2)17-18-10-9-13-14-6-4-11-19-16(14)8-7-15(13)18/h3,7-10,12,17H,1,4-6,11H2,2H3. The van der Waals surface area contributed by atoms with Gasteiger partial charge in [-0.2, -0.15) is 0 Å². The third kappa shape index (κ3) is 2.21. The highest BCUT2D eigenvalue weighted by molar-refractivity contribution is 5.86. The summed E-state index contributed by atoms with van der Waals surface area (Å²) < 4.78 is 7.83. The average molecular weight is 256 g/mol. The van der Waals surface area contributed by atoms with Crippen LogP contribution in [0, 0.1) is 0 Å². The molecule has 0 radical (unpaired) electrons. The zero-order valence-corrected chi connectivity index (χ0v) is 11.4. The minimum Gasteiger partial charge on any atom is -0.493 e. The smallest absolute Gasteiger partial charge is 0.123 e. The van der Waals surface area contributed by atoms with Crippen molar-refractivity contribution in [1.82, 2.24) is 4.68 Å².